The molecule has 0 saturated carbocycles. The van der Waals surface area contributed by atoms with Crippen molar-refractivity contribution < 1.29 is 23.8 Å². The van der Waals surface area contributed by atoms with Crippen molar-refractivity contribution in [2.45, 2.75) is 26.4 Å². The van der Waals surface area contributed by atoms with Gasteiger partial charge in [0.15, 0.2) is 6.61 Å². The molecule has 0 saturated heterocycles. The van der Waals surface area contributed by atoms with E-state index in [1.807, 2.05) is 19.9 Å². The molecule has 1 aromatic carbocycles. The van der Waals surface area contributed by atoms with Crippen LogP contribution in [-0.4, -0.2) is 37.5 Å². The minimum absolute atomic E-state index is 0.0693. The maximum atomic E-state index is 12.4. The van der Waals surface area contributed by atoms with Gasteiger partial charge >= 0.3 is 5.97 Å². The third kappa shape index (κ3) is 5.12. The van der Waals surface area contributed by atoms with Crippen LogP contribution in [0.3, 0.4) is 0 Å². The van der Waals surface area contributed by atoms with E-state index < -0.39 is 5.97 Å². The van der Waals surface area contributed by atoms with Crippen molar-refractivity contribution in [2.75, 3.05) is 13.7 Å². The van der Waals surface area contributed by atoms with Gasteiger partial charge in [0.2, 0.25) is 0 Å². The van der Waals surface area contributed by atoms with Crippen LogP contribution >= 0.6 is 0 Å². The van der Waals surface area contributed by atoms with Crippen molar-refractivity contribution >= 4 is 17.7 Å². The molecule has 1 aromatic rings. The van der Waals surface area contributed by atoms with E-state index in [2.05, 4.69) is 15.0 Å². The summed E-state index contributed by atoms with van der Waals surface area (Å²) in [4.78, 5) is 27.6. The lowest BCUT2D eigenvalue weighted by Gasteiger charge is -2.14. The Labute approximate surface area is 140 Å². The van der Waals surface area contributed by atoms with Crippen LogP contribution in [0, 0.1) is 0 Å². The van der Waals surface area contributed by atoms with Gasteiger partial charge in [-0.15, -0.1) is 0 Å². The lowest BCUT2D eigenvalue weighted by Crippen LogP contribution is -2.29. The first kappa shape index (κ1) is 17.5. The van der Waals surface area contributed by atoms with Gasteiger partial charge in [0, 0.05) is 24.3 Å². The van der Waals surface area contributed by atoms with Gasteiger partial charge in [-0.25, -0.2) is 9.79 Å². The number of hydrogen-bond acceptors (Lipinski definition) is 6. The van der Waals surface area contributed by atoms with E-state index >= 15 is 0 Å². The van der Waals surface area contributed by atoms with Crippen LogP contribution < -0.4 is 14.8 Å². The number of methoxy groups -OCH3 is 1. The van der Waals surface area contributed by atoms with Gasteiger partial charge < -0.3 is 19.5 Å². The molecule has 1 aliphatic heterocycles. The Morgan fingerprint density at radius 3 is 2.62 bits per heavy atom. The summed E-state index contributed by atoms with van der Waals surface area (Å²) >= 11 is 0. The molecule has 2 rings (SSSR count). The number of hydrogen-bond donors (Lipinski definition) is 1. The van der Waals surface area contributed by atoms with E-state index in [0.717, 1.165) is 0 Å². The Morgan fingerprint density at radius 1 is 1.25 bits per heavy atom. The zero-order valence-corrected chi connectivity index (χ0v) is 13.9. The number of ether oxygens (including phenoxy) is 3. The molecule has 0 spiro atoms. The highest BCUT2D eigenvalue weighted by Gasteiger charge is 2.14. The van der Waals surface area contributed by atoms with E-state index in [-0.39, 0.29) is 18.6 Å². The number of nitrogens with zero attached hydrogens (tertiary/aromatic N) is 1. The highest BCUT2D eigenvalue weighted by Crippen LogP contribution is 2.24. The summed E-state index contributed by atoms with van der Waals surface area (Å²) in [7, 11) is 1.28. The molecule has 0 bridgehead atoms. The Morgan fingerprint density at radius 2 is 2.00 bits per heavy atom. The van der Waals surface area contributed by atoms with Crippen molar-refractivity contribution in [1.29, 1.82) is 0 Å². The first-order valence-corrected chi connectivity index (χ1v) is 7.52. The largest absolute Gasteiger partial charge is 0.491 e. The van der Waals surface area contributed by atoms with Crippen LogP contribution in [0.1, 0.15) is 30.6 Å². The molecule has 0 aliphatic carbocycles. The minimum Gasteiger partial charge on any atom is -0.491 e. The number of amidine groups is 1. The molecular formula is C17H20N2O5. The highest BCUT2D eigenvalue weighted by molar-refractivity contribution is 6.07. The SMILES string of the molecule is COC(=O)COc1cc(OC(C)C)cc(C(=O)NC2=NC=CC2)c1. The van der Waals surface area contributed by atoms with Gasteiger partial charge in [-0.3, -0.25) is 4.79 Å². The average molecular weight is 332 g/mol. The summed E-state index contributed by atoms with van der Waals surface area (Å²) in [6.45, 7) is 3.50. The number of nitrogens with one attached hydrogen (secondary N) is 1. The second-order valence-corrected chi connectivity index (χ2v) is 5.34. The lowest BCUT2D eigenvalue weighted by molar-refractivity contribution is -0.142. The lowest BCUT2D eigenvalue weighted by atomic mass is 10.2. The number of carbonyl (C=O) groups is 2. The van der Waals surface area contributed by atoms with Gasteiger partial charge in [0.25, 0.3) is 5.91 Å². The molecule has 0 atom stereocenters. The second kappa shape index (κ2) is 8.14. The molecule has 1 N–H and O–H groups in total. The molecular weight excluding hydrogens is 312 g/mol. The number of esters is 1. The summed E-state index contributed by atoms with van der Waals surface area (Å²) in [5, 5.41) is 2.72. The standard InChI is InChI=1S/C17H20N2O5/c1-11(2)24-14-8-12(17(21)19-15-5-4-6-18-15)7-13(9-14)23-10-16(20)22-3/h4,6-9,11H,5,10H2,1-3H3,(H,18,19,21). The van der Waals surface area contributed by atoms with E-state index in [1.54, 1.807) is 18.3 Å². The van der Waals surface area contributed by atoms with Crippen LogP contribution in [0.15, 0.2) is 35.5 Å². The van der Waals surface area contributed by atoms with Crippen LogP contribution in [0.25, 0.3) is 0 Å². The van der Waals surface area contributed by atoms with Gasteiger partial charge in [-0.2, -0.15) is 0 Å². The third-order valence-corrected chi connectivity index (χ3v) is 3.00. The first-order valence-electron chi connectivity index (χ1n) is 7.52. The Hall–Kier alpha value is -2.83. The average Bonchev–Trinajstić information content (AvgIpc) is 3.04. The van der Waals surface area contributed by atoms with E-state index in [0.29, 0.717) is 29.3 Å². The van der Waals surface area contributed by atoms with E-state index in [1.165, 1.54) is 13.2 Å². The summed E-state index contributed by atoms with van der Waals surface area (Å²) in [5.74, 6) is 0.559. The van der Waals surface area contributed by atoms with Gasteiger partial charge in [-0.05, 0) is 26.0 Å². The van der Waals surface area contributed by atoms with Crippen molar-refractivity contribution in [2.24, 2.45) is 4.99 Å². The first-order chi connectivity index (χ1) is 11.5. The zero-order valence-electron chi connectivity index (χ0n) is 13.9. The van der Waals surface area contributed by atoms with Crippen LogP contribution in [0.5, 0.6) is 11.5 Å². The zero-order chi connectivity index (χ0) is 17.5. The molecule has 0 unspecified atom stereocenters. The van der Waals surface area contributed by atoms with Crippen LogP contribution in [0.4, 0.5) is 0 Å². The highest BCUT2D eigenvalue weighted by atomic mass is 16.6. The predicted octanol–water partition coefficient (Wildman–Crippen LogP) is 2.07. The molecule has 1 heterocycles. The fourth-order valence-corrected chi connectivity index (χ4v) is 1.97. The molecule has 0 fully saturated rings. The summed E-state index contributed by atoms with van der Waals surface area (Å²) in [6, 6.07) is 4.77. The number of carbonyl (C=O) groups excluding carboxylic acids is 2. The van der Waals surface area contributed by atoms with E-state index in [9.17, 15) is 9.59 Å². The van der Waals surface area contributed by atoms with Gasteiger partial charge in [-0.1, -0.05) is 6.08 Å². The fourth-order valence-electron chi connectivity index (χ4n) is 1.97. The van der Waals surface area contributed by atoms with Gasteiger partial charge in [0.05, 0.1) is 13.2 Å². The third-order valence-electron chi connectivity index (χ3n) is 3.00. The van der Waals surface area contributed by atoms with Crippen LogP contribution in [0.2, 0.25) is 0 Å². The van der Waals surface area contributed by atoms with Crippen molar-refractivity contribution in [3.05, 3.63) is 36.0 Å². The maximum absolute atomic E-state index is 12.4. The summed E-state index contributed by atoms with van der Waals surface area (Å²) < 4.78 is 15.5. The minimum atomic E-state index is -0.512. The molecule has 7 nitrogen and oxygen atoms in total. The maximum Gasteiger partial charge on any atom is 0.343 e. The molecule has 0 radical (unpaired) electrons. The molecule has 24 heavy (non-hydrogen) atoms. The smallest absolute Gasteiger partial charge is 0.343 e. The van der Waals surface area contributed by atoms with Crippen molar-refractivity contribution in [3.8, 4) is 11.5 Å². The normalized spacial score (nSPS) is 12.8. The Balaban J connectivity index is 2.17. The summed E-state index contributed by atoms with van der Waals surface area (Å²) in [6.07, 6.45) is 4.00. The number of aliphatic imine (C=N–C) groups is 1. The number of rotatable bonds is 6. The molecule has 1 aliphatic rings. The molecule has 0 aromatic heterocycles. The van der Waals surface area contributed by atoms with Crippen molar-refractivity contribution in [3.63, 3.8) is 0 Å². The quantitative estimate of drug-likeness (QED) is 0.806. The Bertz CT molecular complexity index is 680. The van der Waals surface area contributed by atoms with Crippen LogP contribution in [-0.2, 0) is 9.53 Å². The molecule has 1 amide bonds. The topological polar surface area (TPSA) is 86.2 Å². The predicted molar refractivity (Wildman–Crippen MR) is 88.4 cm³/mol. The molecule has 7 heteroatoms. The number of amides is 1. The molecule has 128 valence electrons. The fraction of sp³-hybridized carbons (Fsp3) is 0.353. The van der Waals surface area contributed by atoms with E-state index in [4.69, 9.17) is 9.47 Å². The number of benzene rings is 1. The second-order valence-electron chi connectivity index (χ2n) is 5.34. The van der Waals surface area contributed by atoms with Crippen molar-refractivity contribution in [1.82, 2.24) is 5.32 Å². The van der Waals surface area contributed by atoms with Gasteiger partial charge in [0.1, 0.15) is 17.3 Å². The monoisotopic (exact) mass is 332 g/mol. The Kier molecular flexibility index (Phi) is 5.95. The summed E-state index contributed by atoms with van der Waals surface area (Å²) in [5.41, 5.74) is 0.350.